The van der Waals surface area contributed by atoms with Gasteiger partial charge in [-0.15, -0.1) is 0 Å². The van der Waals surface area contributed by atoms with Crippen LogP contribution < -0.4 is 11.1 Å². The molecule has 1 aromatic heterocycles. The molecule has 0 saturated heterocycles. The van der Waals surface area contributed by atoms with Gasteiger partial charge in [-0.05, 0) is 36.2 Å². The highest BCUT2D eigenvalue weighted by Gasteiger charge is 2.05. The number of nitrogen functional groups attached to an aromatic ring is 1. The van der Waals surface area contributed by atoms with Crippen LogP contribution in [0.3, 0.4) is 0 Å². The molecule has 2 aromatic rings. The van der Waals surface area contributed by atoms with Crippen LogP contribution in [0.15, 0.2) is 42.7 Å². The summed E-state index contributed by atoms with van der Waals surface area (Å²) >= 11 is 0. The molecule has 0 aliphatic carbocycles. The second-order valence-corrected chi connectivity index (χ2v) is 4.16. The molecule has 2 rings (SSSR count). The quantitative estimate of drug-likeness (QED) is 0.809. The number of nitrogens with one attached hydrogen (secondary N) is 1. The topological polar surface area (TPSA) is 68.0 Å². The van der Waals surface area contributed by atoms with Gasteiger partial charge >= 0.3 is 0 Å². The first-order valence-corrected chi connectivity index (χ1v) is 5.70. The highest BCUT2D eigenvalue weighted by atomic mass is 16.1. The van der Waals surface area contributed by atoms with Crippen LogP contribution in [0, 0.1) is 6.92 Å². The lowest BCUT2D eigenvalue weighted by Gasteiger charge is -2.07. The number of aryl methyl sites for hydroxylation is 1. The van der Waals surface area contributed by atoms with Gasteiger partial charge in [-0.1, -0.05) is 12.1 Å². The van der Waals surface area contributed by atoms with E-state index in [4.69, 9.17) is 5.73 Å². The molecule has 3 N–H and O–H groups in total. The number of amides is 1. The number of carbonyl (C=O) groups is 1. The molecule has 0 radical (unpaired) electrons. The fraction of sp³-hybridized carbons (Fsp3) is 0.143. The van der Waals surface area contributed by atoms with Crippen molar-refractivity contribution in [2.45, 2.75) is 13.3 Å². The number of carbonyl (C=O) groups excluding carboxylic acids is 1. The predicted molar refractivity (Wildman–Crippen MR) is 72.2 cm³/mol. The van der Waals surface area contributed by atoms with Gasteiger partial charge < -0.3 is 11.1 Å². The van der Waals surface area contributed by atoms with Crippen LogP contribution in [0.1, 0.15) is 11.1 Å². The number of pyridine rings is 1. The molecule has 4 heteroatoms. The molecule has 18 heavy (non-hydrogen) atoms. The first kappa shape index (κ1) is 12.1. The van der Waals surface area contributed by atoms with Crippen molar-refractivity contribution in [3.8, 4) is 0 Å². The van der Waals surface area contributed by atoms with Crippen molar-refractivity contribution in [2.24, 2.45) is 0 Å². The van der Waals surface area contributed by atoms with Gasteiger partial charge in [0.25, 0.3) is 0 Å². The third-order valence-corrected chi connectivity index (χ3v) is 2.64. The lowest BCUT2D eigenvalue weighted by Crippen LogP contribution is -2.15. The molecule has 4 nitrogen and oxygen atoms in total. The second-order valence-electron chi connectivity index (χ2n) is 4.16. The molecule has 0 spiro atoms. The molecule has 0 unspecified atom stereocenters. The number of rotatable bonds is 3. The van der Waals surface area contributed by atoms with E-state index in [-0.39, 0.29) is 5.91 Å². The number of anilines is 2. The minimum Gasteiger partial charge on any atom is -0.399 e. The summed E-state index contributed by atoms with van der Waals surface area (Å²) in [6.07, 6.45) is 3.71. The molecule has 92 valence electrons. The molecular formula is C14H15N3O. The number of benzene rings is 1. The van der Waals surface area contributed by atoms with E-state index in [2.05, 4.69) is 10.3 Å². The first-order chi connectivity index (χ1) is 8.65. The summed E-state index contributed by atoms with van der Waals surface area (Å²) in [5, 5.41) is 2.86. The number of aromatic nitrogens is 1. The Bertz CT molecular complexity index is 549. The van der Waals surface area contributed by atoms with Crippen molar-refractivity contribution in [3.63, 3.8) is 0 Å². The van der Waals surface area contributed by atoms with E-state index < -0.39 is 0 Å². The Morgan fingerprint density at radius 3 is 2.67 bits per heavy atom. The van der Waals surface area contributed by atoms with E-state index >= 15 is 0 Å². The Kier molecular flexibility index (Phi) is 3.57. The Labute approximate surface area is 106 Å². The van der Waals surface area contributed by atoms with E-state index in [1.54, 1.807) is 30.6 Å². The van der Waals surface area contributed by atoms with E-state index in [0.29, 0.717) is 12.1 Å². The third kappa shape index (κ3) is 3.07. The molecule has 0 aliphatic heterocycles. The van der Waals surface area contributed by atoms with Gasteiger partial charge in [0.05, 0.1) is 6.42 Å². The Balaban J connectivity index is 2.01. The maximum Gasteiger partial charge on any atom is 0.228 e. The van der Waals surface area contributed by atoms with Gasteiger partial charge in [-0.2, -0.15) is 0 Å². The minimum absolute atomic E-state index is 0.0472. The zero-order valence-corrected chi connectivity index (χ0v) is 10.2. The molecule has 0 atom stereocenters. The fourth-order valence-corrected chi connectivity index (χ4v) is 1.63. The number of nitrogens with two attached hydrogens (primary N) is 1. The monoisotopic (exact) mass is 241 g/mol. The average Bonchev–Trinajstić information content (AvgIpc) is 2.35. The largest absolute Gasteiger partial charge is 0.399 e. The van der Waals surface area contributed by atoms with E-state index in [1.807, 2.05) is 19.1 Å². The van der Waals surface area contributed by atoms with Gasteiger partial charge in [0.15, 0.2) is 0 Å². The molecule has 1 aromatic carbocycles. The van der Waals surface area contributed by atoms with Gasteiger partial charge in [0, 0.05) is 23.8 Å². The normalized spacial score (nSPS) is 10.1. The summed E-state index contributed by atoms with van der Waals surface area (Å²) < 4.78 is 0. The van der Waals surface area contributed by atoms with Crippen molar-refractivity contribution in [1.82, 2.24) is 4.98 Å². The highest BCUT2D eigenvalue weighted by Crippen LogP contribution is 2.12. The molecule has 0 fully saturated rings. The summed E-state index contributed by atoms with van der Waals surface area (Å²) in [4.78, 5) is 15.8. The zero-order valence-electron chi connectivity index (χ0n) is 10.2. The highest BCUT2D eigenvalue weighted by molar-refractivity contribution is 5.92. The van der Waals surface area contributed by atoms with Crippen LogP contribution in [-0.4, -0.2) is 10.9 Å². The van der Waals surface area contributed by atoms with E-state index in [0.717, 1.165) is 16.8 Å². The van der Waals surface area contributed by atoms with Crippen LogP contribution in [0.2, 0.25) is 0 Å². The lowest BCUT2D eigenvalue weighted by molar-refractivity contribution is -0.115. The number of hydrogen-bond acceptors (Lipinski definition) is 3. The van der Waals surface area contributed by atoms with Crippen LogP contribution in [0.25, 0.3) is 0 Å². The van der Waals surface area contributed by atoms with Crippen LogP contribution >= 0.6 is 0 Å². The molecular weight excluding hydrogens is 226 g/mol. The van der Waals surface area contributed by atoms with Gasteiger partial charge in [-0.25, -0.2) is 0 Å². The van der Waals surface area contributed by atoms with Gasteiger partial charge in [-0.3, -0.25) is 9.78 Å². The van der Waals surface area contributed by atoms with Gasteiger partial charge in [0.1, 0.15) is 0 Å². The van der Waals surface area contributed by atoms with Crippen molar-refractivity contribution in [2.75, 3.05) is 11.1 Å². The van der Waals surface area contributed by atoms with Crippen LogP contribution in [0.4, 0.5) is 11.4 Å². The Hall–Kier alpha value is -2.36. The van der Waals surface area contributed by atoms with E-state index in [9.17, 15) is 4.79 Å². The first-order valence-electron chi connectivity index (χ1n) is 5.70. The summed E-state index contributed by atoms with van der Waals surface area (Å²) in [5.41, 5.74) is 8.97. The molecule has 0 aliphatic rings. The number of nitrogens with zero attached hydrogens (tertiary/aromatic N) is 1. The van der Waals surface area contributed by atoms with E-state index in [1.165, 1.54) is 0 Å². The van der Waals surface area contributed by atoms with Crippen molar-refractivity contribution < 1.29 is 4.79 Å². The zero-order chi connectivity index (χ0) is 13.0. The summed E-state index contributed by atoms with van der Waals surface area (Å²) in [5.74, 6) is -0.0472. The van der Waals surface area contributed by atoms with Gasteiger partial charge in [0.2, 0.25) is 5.91 Å². The van der Waals surface area contributed by atoms with Crippen molar-refractivity contribution in [1.29, 1.82) is 0 Å². The maximum atomic E-state index is 11.9. The summed E-state index contributed by atoms with van der Waals surface area (Å²) in [6, 6.07) is 9.08. The van der Waals surface area contributed by atoms with Crippen molar-refractivity contribution in [3.05, 3.63) is 53.9 Å². The second kappa shape index (κ2) is 5.31. The Morgan fingerprint density at radius 2 is 2.00 bits per heavy atom. The summed E-state index contributed by atoms with van der Waals surface area (Å²) in [6.45, 7) is 1.91. The smallest absolute Gasteiger partial charge is 0.228 e. The van der Waals surface area contributed by atoms with Crippen LogP contribution in [0.5, 0.6) is 0 Å². The minimum atomic E-state index is -0.0472. The summed E-state index contributed by atoms with van der Waals surface area (Å²) in [7, 11) is 0. The number of hydrogen-bond donors (Lipinski definition) is 2. The maximum absolute atomic E-state index is 11.9. The molecule has 1 heterocycles. The molecule has 0 saturated carbocycles. The molecule has 0 bridgehead atoms. The standard InChI is InChI=1S/C14H15N3O/c1-10-9-16-7-6-13(10)17-14(18)8-11-2-4-12(15)5-3-11/h2-7,9H,8,15H2,1H3,(H,16,17,18). The average molecular weight is 241 g/mol. The molecule has 1 amide bonds. The SMILES string of the molecule is Cc1cnccc1NC(=O)Cc1ccc(N)cc1. The third-order valence-electron chi connectivity index (χ3n) is 2.64. The fourth-order valence-electron chi connectivity index (χ4n) is 1.63. The Morgan fingerprint density at radius 1 is 1.28 bits per heavy atom. The lowest BCUT2D eigenvalue weighted by atomic mass is 10.1. The predicted octanol–water partition coefficient (Wildman–Crippen LogP) is 2.15. The van der Waals surface area contributed by atoms with Crippen molar-refractivity contribution >= 4 is 17.3 Å². The van der Waals surface area contributed by atoms with Crippen LogP contribution in [-0.2, 0) is 11.2 Å².